The normalized spacial score (nSPS) is 17.9. The van der Waals surface area contributed by atoms with Crippen LogP contribution < -0.4 is 10.1 Å². The SMILES string of the molecule is CCC(C)c1ccc(OC2CCNCC2)cc1.Cl. The first kappa shape index (κ1) is 15.3. The molecule has 2 nitrogen and oxygen atoms in total. The molecule has 1 atom stereocenters. The number of rotatable bonds is 4. The van der Waals surface area contributed by atoms with E-state index in [0.29, 0.717) is 12.0 Å². The second kappa shape index (κ2) is 7.65. The average Bonchev–Trinajstić information content (AvgIpc) is 2.40. The highest BCUT2D eigenvalue weighted by molar-refractivity contribution is 5.85. The molecule has 3 heteroatoms. The van der Waals surface area contributed by atoms with Gasteiger partial charge in [0.2, 0.25) is 0 Å². The van der Waals surface area contributed by atoms with Gasteiger partial charge in [0.15, 0.2) is 0 Å². The summed E-state index contributed by atoms with van der Waals surface area (Å²) in [7, 11) is 0. The minimum absolute atomic E-state index is 0. The van der Waals surface area contributed by atoms with Crippen LogP contribution in [0.25, 0.3) is 0 Å². The molecule has 1 fully saturated rings. The van der Waals surface area contributed by atoms with Gasteiger partial charge in [-0.05, 0) is 56.0 Å². The summed E-state index contributed by atoms with van der Waals surface area (Å²) in [4.78, 5) is 0. The highest BCUT2D eigenvalue weighted by Gasteiger charge is 2.14. The van der Waals surface area contributed by atoms with E-state index in [-0.39, 0.29) is 12.4 Å². The molecule has 0 saturated carbocycles. The van der Waals surface area contributed by atoms with Crippen molar-refractivity contribution in [3.63, 3.8) is 0 Å². The smallest absolute Gasteiger partial charge is 0.119 e. The lowest BCUT2D eigenvalue weighted by molar-refractivity contribution is 0.162. The molecule has 0 amide bonds. The average molecular weight is 270 g/mol. The van der Waals surface area contributed by atoms with Crippen LogP contribution in [0, 0.1) is 0 Å². The number of piperidine rings is 1. The molecule has 102 valence electrons. The van der Waals surface area contributed by atoms with Crippen LogP contribution in [-0.4, -0.2) is 19.2 Å². The second-order valence-corrected chi connectivity index (χ2v) is 4.95. The molecule has 0 aliphatic carbocycles. The molecule has 0 aromatic heterocycles. The Morgan fingerprint density at radius 3 is 2.39 bits per heavy atom. The van der Waals surface area contributed by atoms with E-state index in [4.69, 9.17) is 4.74 Å². The summed E-state index contributed by atoms with van der Waals surface area (Å²) in [6.45, 7) is 6.65. The minimum atomic E-state index is 0. The maximum absolute atomic E-state index is 5.98. The van der Waals surface area contributed by atoms with E-state index in [2.05, 4.69) is 43.4 Å². The van der Waals surface area contributed by atoms with Gasteiger partial charge in [-0.1, -0.05) is 26.0 Å². The molecule has 1 heterocycles. The fourth-order valence-corrected chi connectivity index (χ4v) is 2.22. The lowest BCUT2D eigenvalue weighted by atomic mass is 9.99. The molecular weight excluding hydrogens is 246 g/mol. The Balaban J connectivity index is 0.00000162. The number of halogens is 1. The quantitative estimate of drug-likeness (QED) is 0.899. The summed E-state index contributed by atoms with van der Waals surface area (Å²) in [5.74, 6) is 1.66. The van der Waals surface area contributed by atoms with Crippen LogP contribution >= 0.6 is 12.4 Å². The third-order valence-corrected chi connectivity index (χ3v) is 3.65. The molecular formula is C15H24ClNO. The van der Waals surface area contributed by atoms with Crippen molar-refractivity contribution in [1.82, 2.24) is 5.32 Å². The van der Waals surface area contributed by atoms with E-state index in [9.17, 15) is 0 Å². The van der Waals surface area contributed by atoms with Gasteiger partial charge < -0.3 is 10.1 Å². The van der Waals surface area contributed by atoms with Gasteiger partial charge in [0, 0.05) is 0 Å². The van der Waals surface area contributed by atoms with Gasteiger partial charge in [-0.15, -0.1) is 12.4 Å². The fraction of sp³-hybridized carbons (Fsp3) is 0.600. The summed E-state index contributed by atoms with van der Waals surface area (Å²) in [5, 5.41) is 3.35. The molecule has 1 aromatic rings. The maximum Gasteiger partial charge on any atom is 0.119 e. The zero-order valence-corrected chi connectivity index (χ0v) is 12.1. The standard InChI is InChI=1S/C15H23NO.ClH/c1-3-12(2)13-4-6-14(7-5-13)17-15-8-10-16-11-9-15;/h4-7,12,15-16H,3,8-11H2,1-2H3;1H. The molecule has 0 bridgehead atoms. The van der Waals surface area contributed by atoms with Gasteiger partial charge >= 0.3 is 0 Å². The first-order chi connectivity index (χ1) is 8.29. The largest absolute Gasteiger partial charge is 0.490 e. The van der Waals surface area contributed by atoms with E-state index in [1.807, 2.05) is 0 Å². The molecule has 1 aromatic carbocycles. The van der Waals surface area contributed by atoms with Gasteiger partial charge in [-0.3, -0.25) is 0 Å². The lowest BCUT2D eigenvalue weighted by Crippen LogP contribution is -2.34. The monoisotopic (exact) mass is 269 g/mol. The molecule has 1 aliphatic rings. The molecule has 1 aliphatic heterocycles. The highest BCUT2D eigenvalue weighted by Crippen LogP contribution is 2.23. The first-order valence-corrected chi connectivity index (χ1v) is 6.77. The summed E-state index contributed by atoms with van der Waals surface area (Å²) in [6, 6.07) is 8.63. The number of nitrogens with one attached hydrogen (secondary N) is 1. The molecule has 1 N–H and O–H groups in total. The lowest BCUT2D eigenvalue weighted by Gasteiger charge is -2.24. The van der Waals surface area contributed by atoms with Crippen LogP contribution in [0.3, 0.4) is 0 Å². The maximum atomic E-state index is 5.98. The molecule has 0 radical (unpaired) electrons. The predicted molar refractivity (Wildman–Crippen MR) is 78.9 cm³/mol. The Morgan fingerprint density at radius 2 is 1.83 bits per heavy atom. The Labute approximate surface area is 117 Å². The predicted octanol–water partition coefficient (Wildman–Crippen LogP) is 3.75. The zero-order chi connectivity index (χ0) is 12.1. The van der Waals surface area contributed by atoms with Crippen LogP contribution in [0.4, 0.5) is 0 Å². The van der Waals surface area contributed by atoms with Crippen molar-refractivity contribution < 1.29 is 4.74 Å². The Kier molecular flexibility index (Phi) is 6.51. The van der Waals surface area contributed by atoms with Crippen LogP contribution in [-0.2, 0) is 0 Å². The fourth-order valence-electron chi connectivity index (χ4n) is 2.22. The molecule has 1 saturated heterocycles. The number of hydrogen-bond donors (Lipinski definition) is 1. The van der Waals surface area contributed by atoms with E-state index < -0.39 is 0 Å². The number of hydrogen-bond acceptors (Lipinski definition) is 2. The highest BCUT2D eigenvalue weighted by atomic mass is 35.5. The van der Waals surface area contributed by atoms with Crippen molar-refractivity contribution in [1.29, 1.82) is 0 Å². The zero-order valence-electron chi connectivity index (χ0n) is 11.3. The summed E-state index contributed by atoms with van der Waals surface area (Å²) in [5.41, 5.74) is 1.41. The third-order valence-electron chi connectivity index (χ3n) is 3.65. The van der Waals surface area contributed by atoms with Crippen molar-refractivity contribution in [3.05, 3.63) is 29.8 Å². The molecule has 1 unspecified atom stereocenters. The van der Waals surface area contributed by atoms with Crippen LogP contribution in [0.15, 0.2) is 24.3 Å². The molecule has 2 rings (SSSR count). The Bertz CT molecular complexity index is 333. The first-order valence-electron chi connectivity index (χ1n) is 6.77. The third kappa shape index (κ3) is 4.18. The van der Waals surface area contributed by atoms with Crippen LogP contribution in [0.5, 0.6) is 5.75 Å². The number of benzene rings is 1. The van der Waals surface area contributed by atoms with Crippen molar-refractivity contribution in [2.24, 2.45) is 0 Å². The van der Waals surface area contributed by atoms with Crippen molar-refractivity contribution in [2.45, 2.75) is 45.1 Å². The van der Waals surface area contributed by atoms with Crippen molar-refractivity contribution in [2.75, 3.05) is 13.1 Å². The van der Waals surface area contributed by atoms with E-state index in [0.717, 1.165) is 31.7 Å². The van der Waals surface area contributed by atoms with Gasteiger partial charge in [0.25, 0.3) is 0 Å². The van der Waals surface area contributed by atoms with Crippen molar-refractivity contribution in [3.8, 4) is 5.75 Å². The van der Waals surface area contributed by atoms with Crippen molar-refractivity contribution >= 4 is 12.4 Å². The Hall–Kier alpha value is -0.730. The topological polar surface area (TPSA) is 21.3 Å². The summed E-state index contributed by atoms with van der Waals surface area (Å²) < 4.78 is 5.98. The van der Waals surface area contributed by atoms with Crippen LogP contribution in [0.1, 0.15) is 44.6 Å². The van der Waals surface area contributed by atoms with Gasteiger partial charge in [-0.25, -0.2) is 0 Å². The van der Waals surface area contributed by atoms with Gasteiger partial charge in [-0.2, -0.15) is 0 Å². The van der Waals surface area contributed by atoms with E-state index >= 15 is 0 Å². The molecule has 18 heavy (non-hydrogen) atoms. The summed E-state index contributed by atoms with van der Waals surface area (Å²) in [6.07, 6.45) is 3.82. The van der Waals surface area contributed by atoms with Gasteiger partial charge in [0.1, 0.15) is 11.9 Å². The summed E-state index contributed by atoms with van der Waals surface area (Å²) >= 11 is 0. The minimum Gasteiger partial charge on any atom is -0.490 e. The van der Waals surface area contributed by atoms with Gasteiger partial charge in [0.05, 0.1) is 0 Å². The van der Waals surface area contributed by atoms with Crippen LogP contribution in [0.2, 0.25) is 0 Å². The Morgan fingerprint density at radius 1 is 1.22 bits per heavy atom. The second-order valence-electron chi connectivity index (χ2n) is 4.95. The molecule has 0 spiro atoms. The number of ether oxygens (including phenoxy) is 1. The van der Waals surface area contributed by atoms with E-state index in [1.165, 1.54) is 12.0 Å². The van der Waals surface area contributed by atoms with E-state index in [1.54, 1.807) is 0 Å².